The van der Waals surface area contributed by atoms with Crippen molar-refractivity contribution in [3.8, 4) is 0 Å². The van der Waals surface area contributed by atoms with E-state index < -0.39 is 0 Å². The summed E-state index contributed by atoms with van der Waals surface area (Å²) in [6.45, 7) is 8.01. The van der Waals surface area contributed by atoms with Crippen LogP contribution in [-0.4, -0.2) is 50.1 Å². The summed E-state index contributed by atoms with van der Waals surface area (Å²) in [5, 5.41) is 3.27. The van der Waals surface area contributed by atoms with E-state index in [1.165, 1.54) is 0 Å². The molecule has 1 heterocycles. The van der Waals surface area contributed by atoms with Gasteiger partial charge in [0.2, 0.25) is 0 Å². The van der Waals surface area contributed by atoms with Gasteiger partial charge in [-0.05, 0) is 19.8 Å². The lowest BCUT2D eigenvalue weighted by atomic mass is 10.4. The van der Waals surface area contributed by atoms with Crippen molar-refractivity contribution in [3.63, 3.8) is 0 Å². The van der Waals surface area contributed by atoms with E-state index in [1.807, 2.05) is 13.0 Å². The maximum Gasteiger partial charge on any atom is 0.156 e. The SMILES string of the molecule is CCCNc1cc(C)nc(COCCCOCCOC)n1. The van der Waals surface area contributed by atoms with Gasteiger partial charge in [0.05, 0.1) is 13.2 Å². The molecule has 1 aromatic heterocycles. The molecular weight excluding hydrogens is 270 g/mol. The Kier molecular flexibility index (Phi) is 9.69. The van der Waals surface area contributed by atoms with E-state index in [-0.39, 0.29) is 0 Å². The first-order valence-corrected chi connectivity index (χ1v) is 7.49. The van der Waals surface area contributed by atoms with Crippen LogP contribution >= 0.6 is 0 Å². The van der Waals surface area contributed by atoms with Crippen molar-refractivity contribution < 1.29 is 14.2 Å². The molecule has 0 bridgehead atoms. The fourth-order valence-electron chi connectivity index (χ4n) is 1.71. The third kappa shape index (κ3) is 8.60. The molecule has 21 heavy (non-hydrogen) atoms. The number of anilines is 1. The summed E-state index contributed by atoms with van der Waals surface area (Å²) >= 11 is 0. The molecule has 6 heteroatoms. The molecule has 0 saturated carbocycles. The number of aryl methyl sites for hydroxylation is 1. The molecule has 1 rings (SSSR count). The predicted molar refractivity (Wildman–Crippen MR) is 82.5 cm³/mol. The van der Waals surface area contributed by atoms with Crippen molar-refractivity contribution in [2.45, 2.75) is 33.3 Å². The number of hydrogen-bond donors (Lipinski definition) is 1. The van der Waals surface area contributed by atoms with Crippen molar-refractivity contribution in [2.75, 3.05) is 45.4 Å². The van der Waals surface area contributed by atoms with E-state index in [4.69, 9.17) is 14.2 Å². The van der Waals surface area contributed by atoms with Gasteiger partial charge in [-0.3, -0.25) is 0 Å². The van der Waals surface area contributed by atoms with Crippen LogP contribution in [0.1, 0.15) is 31.3 Å². The minimum Gasteiger partial charge on any atom is -0.382 e. The molecule has 1 N–H and O–H groups in total. The highest BCUT2D eigenvalue weighted by Gasteiger charge is 2.02. The highest BCUT2D eigenvalue weighted by molar-refractivity contribution is 5.35. The van der Waals surface area contributed by atoms with Gasteiger partial charge in [-0.15, -0.1) is 0 Å². The lowest BCUT2D eigenvalue weighted by Gasteiger charge is -2.08. The second kappa shape index (κ2) is 11.4. The number of ether oxygens (including phenoxy) is 3. The third-order valence-electron chi connectivity index (χ3n) is 2.70. The normalized spacial score (nSPS) is 10.8. The largest absolute Gasteiger partial charge is 0.382 e. The summed E-state index contributed by atoms with van der Waals surface area (Å²) in [4.78, 5) is 8.81. The second-order valence-corrected chi connectivity index (χ2v) is 4.75. The average molecular weight is 297 g/mol. The van der Waals surface area contributed by atoms with Crippen LogP contribution in [0.25, 0.3) is 0 Å². The lowest BCUT2D eigenvalue weighted by molar-refractivity contribution is 0.0472. The Hall–Kier alpha value is -1.24. The zero-order valence-corrected chi connectivity index (χ0v) is 13.4. The van der Waals surface area contributed by atoms with Crippen LogP contribution in [0.15, 0.2) is 6.07 Å². The summed E-state index contributed by atoms with van der Waals surface area (Å²) in [7, 11) is 1.66. The lowest BCUT2D eigenvalue weighted by Crippen LogP contribution is -2.09. The number of nitrogens with zero attached hydrogens (tertiary/aromatic N) is 2. The smallest absolute Gasteiger partial charge is 0.156 e. The highest BCUT2D eigenvalue weighted by atomic mass is 16.5. The summed E-state index contributed by atoms with van der Waals surface area (Å²) in [5.74, 6) is 1.58. The minimum absolute atomic E-state index is 0.431. The van der Waals surface area contributed by atoms with Gasteiger partial charge in [-0.25, -0.2) is 9.97 Å². The van der Waals surface area contributed by atoms with Crippen molar-refractivity contribution >= 4 is 5.82 Å². The maximum absolute atomic E-state index is 5.58. The molecule has 0 aliphatic rings. The quantitative estimate of drug-likeness (QED) is 0.597. The Morgan fingerprint density at radius 1 is 1.10 bits per heavy atom. The molecule has 0 aliphatic carbocycles. The standard InChI is InChI=1S/C15H27N3O3/c1-4-6-16-14-11-13(2)17-15(18-14)12-21-8-5-7-20-10-9-19-3/h11H,4-10,12H2,1-3H3,(H,16,17,18). The van der Waals surface area contributed by atoms with Crippen LogP contribution in [0.5, 0.6) is 0 Å². The molecule has 0 unspecified atom stereocenters. The van der Waals surface area contributed by atoms with Crippen LogP contribution in [-0.2, 0) is 20.8 Å². The maximum atomic E-state index is 5.58. The Morgan fingerprint density at radius 2 is 1.90 bits per heavy atom. The topological polar surface area (TPSA) is 65.5 Å². The molecule has 0 radical (unpaired) electrons. The Labute approximate surface area is 127 Å². The zero-order valence-electron chi connectivity index (χ0n) is 13.4. The van der Waals surface area contributed by atoms with Gasteiger partial charge in [0.1, 0.15) is 12.4 Å². The van der Waals surface area contributed by atoms with Crippen molar-refractivity contribution in [2.24, 2.45) is 0 Å². The molecule has 1 aromatic rings. The van der Waals surface area contributed by atoms with Crippen LogP contribution < -0.4 is 5.32 Å². The van der Waals surface area contributed by atoms with Gasteiger partial charge in [-0.1, -0.05) is 6.92 Å². The Balaban J connectivity index is 2.20. The number of rotatable bonds is 12. The van der Waals surface area contributed by atoms with E-state index in [9.17, 15) is 0 Å². The highest BCUT2D eigenvalue weighted by Crippen LogP contribution is 2.07. The Morgan fingerprint density at radius 3 is 2.67 bits per heavy atom. The average Bonchev–Trinajstić information content (AvgIpc) is 2.47. The molecule has 0 spiro atoms. The van der Waals surface area contributed by atoms with Crippen LogP contribution in [0.4, 0.5) is 5.82 Å². The molecule has 0 aliphatic heterocycles. The van der Waals surface area contributed by atoms with Gasteiger partial charge < -0.3 is 19.5 Å². The molecule has 0 saturated heterocycles. The van der Waals surface area contributed by atoms with E-state index in [2.05, 4.69) is 22.2 Å². The molecule has 120 valence electrons. The van der Waals surface area contributed by atoms with Crippen molar-refractivity contribution in [1.29, 1.82) is 0 Å². The van der Waals surface area contributed by atoms with Gasteiger partial charge in [0.15, 0.2) is 5.82 Å². The van der Waals surface area contributed by atoms with E-state index in [1.54, 1.807) is 7.11 Å². The van der Waals surface area contributed by atoms with E-state index in [0.29, 0.717) is 38.9 Å². The van der Waals surface area contributed by atoms with Crippen LogP contribution in [0.3, 0.4) is 0 Å². The number of methoxy groups -OCH3 is 1. The monoisotopic (exact) mass is 297 g/mol. The van der Waals surface area contributed by atoms with E-state index >= 15 is 0 Å². The molecule has 0 amide bonds. The predicted octanol–water partition coefficient (Wildman–Crippen LogP) is 2.18. The number of aromatic nitrogens is 2. The summed E-state index contributed by atoms with van der Waals surface area (Å²) in [5.41, 5.74) is 0.949. The minimum atomic E-state index is 0.431. The fraction of sp³-hybridized carbons (Fsp3) is 0.733. The van der Waals surface area contributed by atoms with Gasteiger partial charge in [-0.2, -0.15) is 0 Å². The third-order valence-corrected chi connectivity index (χ3v) is 2.70. The van der Waals surface area contributed by atoms with Gasteiger partial charge >= 0.3 is 0 Å². The van der Waals surface area contributed by atoms with Crippen molar-refractivity contribution in [1.82, 2.24) is 9.97 Å². The first-order valence-electron chi connectivity index (χ1n) is 7.49. The first kappa shape index (κ1) is 17.8. The van der Waals surface area contributed by atoms with E-state index in [0.717, 1.165) is 30.9 Å². The second-order valence-electron chi connectivity index (χ2n) is 4.75. The zero-order chi connectivity index (χ0) is 15.3. The van der Waals surface area contributed by atoms with Crippen LogP contribution in [0.2, 0.25) is 0 Å². The fourth-order valence-corrected chi connectivity index (χ4v) is 1.71. The Bertz CT molecular complexity index is 388. The molecule has 6 nitrogen and oxygen atoms in total. The molecule has 0 aromatic carbocycles. The first-order chi connectivity index (χ1) is 10.3. The van der Waals surface area contributed by atoms with Crippen molar-refractivity contribution in [3.05, 3.63) is 17.6 Å². The molecule has 0 atom stereocenters. The van der Waals surface area contributed by atoms with Gasteiger partial charge in [0.25, 0.3) is 0 Å². The molecule has 0 fully saturated rings. The number of hydrogen-bond acceptors (Lipinski definition) is 6. The van der Waals surface area contributed by atoms with Crippen LogP contribution in [0, 0.1) is 6.92 Å². The summed E-state index contributed by atoms with van der Waals surface area (Å²) in [6, 6.07) is 1.95. The van der Waals surface area contributed by atoms with Gasteiger partial charge in [0, 0.05) is 38.6 Å². The summed E-state index contributed by atoms with van der Waals surface area (Å²) < 4.78 is 15.8. The number of nitrogens with one attached hydrogen (secondary N) is 1. The summed E-state index contributed by atoms with van der Waals surface area (Å²) in [6.07, 6.45) is 1.93. The molecular formula is C15H27N3O3.